The lowest BCUT2D eigenvalue weighted by atomic mass is 10.1. The van der Waals surface area contributed by atoms with Crippen molar-refractivity contribution in [1.29, 1.82) is 0 Å². The summed E-state index contributed by atoms with van der Waals surface area (Å²) in [5, 5.41) is 0. The Morgan fingerprint density at radius 1 is 0.404 bits per heavy atom. The Morgan fingerprint density at radius 3 is 1.29 bits per heavy atom. The predicted molar refractivity (Wildman–Crippen MR) is 219 cm³/mol. The van der Waals surface area contributed by atoms with E-state index in [0.717, 1.165) is 96.3 Å². The fraction of sp³-hybridized carbons (Fsp3) is 0.761. The highest BCUT2D eigenvalue weighted by Gasteiger charge is 2.19. The summed E-state index contributed by atoms with van der Waals surface area (Å²) in [5.74, 6) is -0.967. The molecule has 0 amide bonds. The SMILES string of the molecule is CC/C=C\C/C=C\CCCCCCCC(=O)OC(COC(=O)CCC/C=C\CCCCCC)COC(=O)CCCCC/C=C\CCCCCCCC. The van der Waals surface area contributed by atoms with Crippen LogP contribution in [0, 0.1) is 0 Å². The van der Waals surface area contributed by atoms with Crippen LogP contribution >= 0.6 is 0 Å². The molecule has 0 saturated heterocycles. The normalized spacial score (nSPS) is 12.4. The molecule has 1 unspecified atom stereocenters. The van der Waals surface area contributed by atoms with E-state index in [-0.39, 0.29) is 31.1 Å². The third kappa shape index (κ3) is 38.6. The number of unbranched alkanes of at least 4 members (excludes halogenated alkanes) is 19. The second kappa shape index (κ2) is 41.1. The summed E-state index contributed by atoms with van der Waals surface area (Å²) in [5.41, 5.74) is 0. The van der Waals surface area contributed by atoms with E-state index in [0.29, 0.717) is 25.7 Å². The molecular weight excluding hydrogens is 648 g/mol. The number of carbonyl (C=O) groups is 3. The number of allylic oxidation sites excluding steroid dienone is 8. The van der Waals surface area contributed by atoms with E-state index < -0.39 is 6.10 Å². The first kappa shape index (κ1) is 49.4. The number of ether oxygens (including phenoxy) is 3. The van der Waals surface area contributed by atoms with Crippen molar-refractivity contribution in [3.05, 3.63) is 48.6 Å². The van der Waals surface area contributed by atoms with Crippen molar-refractivity contribution in [3.63, 3.8) is 0 Å². The van der Waals surface area contributed by atoms with Crippen molar-refractivity contribution in [2.45, 2.75) is 213 Å². The lowest BCUT2D eigenvalue weighted by molar-refractivity contribution is -0.167. The van der Waals surface area contributed by atoms with Gasteiger partial charge in [0.25, 0.3) is 0 Å². The molecule has 0 spiro atoms. The minimum atomic E-state index is -0.792. The summed E-state index contributed by atoms with van der Waals surface area (Å²) >= 11 is 0. The van der Waals surface area contributed by atoms with E-state index in [1.54, 1.807) is 0 Å². The van der Waals surface area contributed by atoms with Crippen LogP contribution in [0.2, 0.25) is 0 Å². The predicted octanol–water partition coefficient (Wildman–Crippen LogP) is 13.6. The standard InChI is InChI=1S/C46H80O6/c1-4-7-10-13-16-19-21-23-25-27-30-33-36-39-45(48)51-42-43(41-50-44(47)38-35-32-29-26-18-15-12-9-6-3)52-46(49)40-37-34-31-28-24-22-20-17-14-11-8-5-2/h8,11,17,20,23,25-26,29,43H,4-7,9-10,12-16,18-19,21-22,24,27-28,30-42H2,1-3H3/b11-8-,20-17-,25-23-,29-26-. The first-order chi connectivity index (χ1) is 25.5. The van der Waals surface area contributed by atoms with Gasteiger partial charge in [-0.1, -0.05) is 146 Å². The Kier molecular flexibility index (Phi) is 39.1. The van der Waals surface area contributed by atoms with Crippen LogP contribution in [0.25, 0.3) is 0 Å². The van der Waals surface area contributed by atoms with Crippen LogP contribution in [0.5, 0.6) is 0 Å². The Morgan fingerprint density at radius 2 is 0.769 bits per heavy atom. The third-order valence-electron chi connectivity index (χ3n) is 9.04. The van der Waals surface area contributed by atoms with Crippen molar-refractivity contribution >= 4 is 17.9 Å². The molecule has 0 aliphatic carbocycles. The van der Waals surface area contributed by atoms with Gasteiger partial charge in [-0.15, -0.1) is 0 Å². The fourth-order valence-corrected chi connectivity index (χ4v) is 5.77. The summed E-state index contributed by atoms with van der Waals surface area (Å²) < 4.78 is 16.6. The smallest absolute Gasteiger partial charge is 0.306 e. The molecule has 0 aromatic heterocycles. The average Bonchev–Trinajstić information content (AvgIpc) is 3.14. The number of esters is 3. The van der Waals surface area contributed by atoms with Crippen LogP contribution in [0.1, 0.15) is 207 Å². The molecule has 6 nitrogen and oxygen atoms in total. The summed E-state index contributed by atoms with van der Waals surface area (Å²) in [4.78, 5) is 37.6. The molecule has 0 radical (unpaired) electrons. The molecule has 0 fully saturated rings. The second-order valence-electron chi connectivity index (χ2n) is 14.2. The van der Waals surface area contributed by atoms with Gasteiger partial charge in [0.05, 0.1) is 0 Å². The maximum absolute atomic E-state index is 12.7. The Bertz CT molecular complexity index is 933. The molecule has 0 aromatic carbocycles. The molecular formula is C46H80O6. The molecule has 0 rings (SSSR count). The van der Waals surface area contributed by atoms with Gasteiger partial charge in [-0.3, -0.25) is 14.4 Å². The molecule has 0 aromatic rings. The van der Waals surface area contributed by atoms with Gasteiger partial charge in [-0.05, 0) is 89.9 Å². The average molecular weight is 729 g/mol. The second-order valence-corrected chi connectivity index (χ2v) is 14.2. The zero-order valence-corrected chi connectivity index (χ0v) is 34.1. The lowest BCUT2D eigenvalue weighted by Gasteiger charge is -2.18. The van der Waals surface area contributed by atoms with E-state index in [4.69, 9.17) is 14.2 Å². The van der Waals surface area contributed by atoms with E-state index in [1.165, 1.54) is 64.2 Å². The Hall–Kier alpha value is -2.63. The lowest BCUT2D eigenvalue weighted by Crippen LogP contribution is -2.30. The van der Waals surface area contributed by atoms with Crippen molar-refractivity contribution < 1.29 is 28.6 Å². The van der Waals surface area contributed by atoms with E-state index in [9.17, 15) is 14.4 Å². The number of rotatable bonds is 38. The number of carbonyl (C=O) groups excluding carboxylic acids is 3. The highest BCUT2D eigenvalue weighted by atomic mass is 16.6. The van der Waals surface area contributed by atoms with E-state index in [1.807, 2.05) is 0 Å². The maximum Gasteiger partial charge on any atom is 0.306 e. The largest absolute Gasteiger partial charge is 0.462 e. The molecule has 0 bridgehead atoms. The monoisotopic (exact) mass is 729 g/mol. The summed E-state index contributed by atoms with van der Waals surface area (Å²) in [6.07, 6.45) is 46.8. The highest BCUT2D eigenvalue weighted by molar-refractivity contribution is 5.71. The Labute approximate surface area is 320 Å². The summed E-state index contributed by atoms with van der Waals surface area (Å²) in [6, 6.07) is 0. The molecule has 0 saturated carbocycles. The zero-order valence-electron chi connectivity index (χ0n) is 34.1. The van der Waals surface area contributed by atoms with Gasteiger partial charge in [0.2, 0.25) is 0 Å². The van der Waals surface area contributed by atoms with Crippen LogP contribution in [0.3, 0.4) is 0 Å². The summed E-state index contributed by atoms with van der Waals surface area (Å²) in [6.45, 7) is 6.41. The fourth-order valence-electron chi connectivity index (χ4n) is 5.77. The van der Waals surface area contributed by atoms with Gasteiger partial charge in [0.15, 0.2) is 6.10 Å². The Balaban J connectivity index is 4.43. The molecule has 6 heteroatoms. The first-order valence-corrected chi connectivity index (χ1v) is 21.6. The molecule has 0 heterocycles. The number of hydrogen-bond acceptors (Lipinski definition) is 6. The van der Waals surface area contributed by atoms with Crippen LogP contribution in [-0.4, -0.2) is 37.2 Å². The van der Waals surface area contributed by atoms with Crippen molar-refractivity contribution in [2.75, 3.05) is 13.2 Å². The van der Waals surface area contributed by atoms with Crippen LogP contribution in [0.15, 0.2) is 48.6 Å². The van der Waals surface area contributed by atoms with Gasteiger partial charge >= 0.3 is 17.9 Å². The van der Waals surface area contributed by atoms with E-state index >= 15 is 0 Å². The topological polar surface area (TPSA) is 78.9 Å². The summed E-state index contributed by atoms with van der Waals surface area (Å²) in [7, 11) is 0. The van der Waals surface area contributed by atoms with Gasteiger partial charge in [-0.2, -0.15) is 0 Å². The highest BCUT2D eigenvalue weighted by Crippen LogP contribution is 2.12. The minimum Gasteiger partial charge on any atom is -0.462 e. The molecule has 52 heavy (non-hydrogen) atoms. The van der Waals surface area contributed by atoms with E-state index in [2.05, 4.69) is 69.4 Å². The van der Waals surface area contributed by atoms with Crippen molar-refractivity contribution in [3.8, 4) is 0 Å². The van der Waals surface area contributed by atoms with Crippen LogP contribution in [-0.2, 0) is 28.6 Å². The van der Waals surface area contributed by atoms with Gasteiger partial charge < -0.3 is 14.2 Å². The maximum atomic E-state index is 12.7. The van der Waals surface area contributed by atoms with Crippen molar-refractivity contribution in [2.24, 2.45) is 0 Å². The van der Waals surface area contributed by atoms with Gasteiger partial charge in [0, 0.05) is 19.3 Å². The third-order valence-corrected chi connectivity index (χ3v) is 9.04. The molecule has 0 N–H and O–H groups in total. The number of hydrogen-bond donors (Lipinski definition) is 0. The van der Waals surface area contributed by atoms with Gasteiger partial charge in [0.1, 0.15) is 13.2 Å². The molecule has 0 aliphatic heterocycles. The van der Waals surface area contributed by atoms with Gasteiger partial charge in [-0.25, -0.2) is 0 Å². The van der Waals surface area contributed by atoms with Crippen molar-refractivity contribution in [1.82, 2.24) is 0 Å². The first-order valence-electron chi connectivity index (χ1n) is 21.6. The van der Waals surface area contributed by atoms with Crippen LogP contribution < -0.4 is 0 Å². The molecule has 1 atom stereocenters. The van der Waals surface area contributed by atoms with Crippen LogP contribution in [0.4, 0.5) is 0 Å². The minimum absolute atomic E-state index is 0.0957. The quantitative estimate of drug-likeness (QED) is 0.0272. The zero-order chi connectivity index (χ0) is 38.0. The molecule has 300 valence electrons. The molecule has 0 aliphatic rings.